The molecule has 0 aliphatic rings. The highest BCUT2D eigenvalue weighted by Gasteiger charge is 2.13. The van der Waals surface area contributed by atoms with E-state index in [-0.39, 0.29) is 6.42 Å². The van der Waals surface area contributed by atoms with Crippen LogP contribution in [0.25, 0.3) is 0 Å². The first-order valence-corrected chi connectivity index (χ1v) is 6.67. The van der Waals surface area contributed by atoms with Gasteiger partial charge in [-0.3, -0.25) is 0 Å². The van der Waals surface area contributed by atoms with Crippen molar-refractivity contribution in [1.82, 2.24) is 0 Å². The summed E-state index contributed by atoms with van der Waals surface area (Å²) in [6.07, 6.45) is -0.664. The summed E-state index contributed by atoms with van der Waals surface area (Å²) >= 11 is 17.7. The van der Waals surface area contributed by atoms with Crippen LogP contribution in [0.5, 0.6) is 0 Å². The lowest BCUT2D eigenvalue weighted by atomic mass is 10.0. The standard InChI is InChI=1S/C14H10Cl3FO/c15-10-3-9(4-11(16)7-10)14(19)6-8-5-12(18)1-2-13(8)17/h1-5,7,14,19H,6H2. The van der Waals surface area contributed by atoms with Crippen LogP contribution in [0.1, 0.15) is 17.2 Å². The molecule has 1 atom stereocenters. The molecule has 2 rings (SSSR count). The van der Waals surface area contributed by atoms with Crippen LogP contribution < -0.4 is 0 Å². The second kappa shape index (κ2) is 6.10. The van der Waals surface area contributed by atoms with Gasteiger partial charge < -0.3 is 5.11 Å². The van der Waals surface area contributed by atoms with Crippen LogP contribution in [0.2, 0.25) is 15.1 Å². The zero-order valence-electron chi connectivity index (χ0n) is 9.71. The number of hydrogen-bond donors (Lipinski definition) is 1. The second-order valence-corrected chi connectivity index (χ2v) is 5.44. The fourth-order valence-corrected chi connectivity index (χ4v) is 2.53. The summed E-state index contributed by atoms with van der Waals surface area (Å²) in [5.41, 5.74) is 1.10. The highest BCUT2D eigenvalue weighted by molar-refractivity contribution is 6.34. The molecule has 1 nitrogen and oxygen atoms in total. The van der Waals surface area contributed by atoms with Crippen LogP contribution in [-0.2, 0) is 6.42 Å². The van der Waals surface area contributed by atoms with Gasteiger partial charge in [-0.15, -0.1) is 0 Å². The van der Waals surface area contributed by atoms with Crippen molar-refractivity contribution < 1.29 is 9.50 Å². The molecular formula is C14H10Cl3FO. The van der Waals surface area contributed by atoms with Crippen molar-refractivity contribution in [3.63, 3.8) is 0 Å². The predicted octanol–water partition coefficient (Wildman–Crippen LogP) is 5.06. The lowest BCUT2D eigenvalue weighted by molar-refractivity contribution is 0.178. The third-order valence-corrected chi connectivity index (χ3v) is 3.50. The summed E-state index contributed by atoms with van der Waals surface area (Å²) in [5.74, 6) is -0.393. The zero-order chi connectivity index (χ0) is 14.0. The fourth-order valence-electron chi connectivity index (χ4n) is 1.79. The third kappa shape index (κ3) is 3.83. The van der Waals surface area contributed by atoms with Crippen molar-refractivity contribution in [2.75, 3.05) is 0 Å². The lowest BCUT2D eigenvalue weighted by Gasteiger charge is -2.13. The molecule has 0 aliphatic carbocycles. The van der Waals surface area contributed by atoms with Gasteiger partial charge in [0.25, 0.3) is 0 Å². The van der Waals surface area contributed by atoms with Gasteiger partial charge >= 0.3 is 0 Å². The summed E-state index contributed by atoms with van der Waals surface area (Å²) in [6.45, 7) is 0. The number of hydrogen-bond acceptors (Lipinski definition) is 1. The molecule has 100 valence electrons. The molecule has 0 bridgehead atoms. The minimum absolute atomic E-state index is 0.188. The van der Waals surface area contributed by atoms with E-state index in [9.17, 15) is 9.50 Å². The maximum atomic E-state index is 13.1. The number of rotatable bonds is 3. The average Bonchev–Trinajstić information content (AvgIpc) is 2.32. The average molecular weight is 320 g/mol. The van der Waals surface area contributed by atoms with E-state index in [1.54, 1.807) is 18.2 Å². The van der Waals surface area contributed by atoms with Crippen LogP contribution in [0, 0.1) is 5.82 Å². The number of aliphatic hydroxyl groups is 1. The molecule has 19 heavy (non-hydrogen) atoms. The van der Waals surface area contributed by atoms with E-state index >= 15 is 0 Å². The molecule has 1 N–H and O–H groups in total. The Balaban J connectivity index is 2.25. The molecule has 1 unspecified atom stereocenters. The SMILES string of the molecule is OC(Cc1cc(F)ccc1Cl)c1cc(Cl)cc(Cl)c1. The van der Waals surface area contributed by atoms with Gasteiger partial charge in [0.15, 0.2) is 0 Å². The predicted molar refractivity (Wildman–Crippen MR) is 76.5 cm³/mol. The monoisotopic (exact) mass is 318 g/mol. The van der Waals surface area contributed by atoms with Crippen LogP contribution in [0.3, 0.4) is 0 Å². The van der Waals surface area contributed by atoms with Crippen molar-refractivity contribution in [2.45, 2.75) is 12.5 Å². The lowest BCUT2D eigenvalue weighted by Crippen LogP contribution is -2.03. The molecule has 0 fully saturated rings. The van der Waals surface area contributed by atoms with E-state index in [1.807, 2.05) is 0 Å². The van der Waals surface area contributed by atoms with Gasteiger partial charge in [-0.1, -0.05) is 34.8 Å². The highest BCUT2D eigenvalue weighted by Crippen LogP contribution is 2.28. The molecule has 0 saturated carbocycles. The Bertz CT molecular complexity index is 581. The van der Waals surface area contributed by atoms with E-state index in [0.717, 1.165) is 0 Å². The summed E-state index contributed by atoms with van der Waals surface area (Å²) in [5, 5.41) is 11.4. The summed E-state index contributed by atoms with van der Waals surface area (Å²) < 4.78 is 13.1. The smallest absolute Gasteiger partial charge is 0.123 e. The topological polar surface area (TPSA) is 20.2 Å². The van der Waals surface area contributed by atoms with Crippen LogP contribution >= 0.6 is 34.8 Å². The maximum Gasteiger partial charge on any atom is 0.123 e. The zero-order valence-corrected chi connectivity index (χ0v) is 12.0. The van der Waals surface area contributed by atoms with Gasteiger partial charge in [0.1, 0.15) is 5.82 Å². The molecule has 0 heterocycles. The molecule has 0 amide bonds. The van der Waals surface area contributed by atoms with Gasteiger partial charge in [0.2, 0.25) is 0 Å². The highest BCUT2D eigenvalue weighted by atomic mass is 35.5. The molecule has 0 aromatic heterocycles. The van der Waals surface area contributed by atoms with Crippen LogP contribution in [0.15, 0.2) is 36.4 Å². The summed E-state index contributed by atoms with van der Waals surface area (Å²) in [7, 11) is 0. The van der Waals surface area contributed by atoms with E-state index in [2.05, 4.69) is 0 Å². The van der Waals surface area contributed by atoms with Gasteiger partial charge in [0, 0.05) is 21.5 Å². The van der Waals surface area contributed by atoms with Crippen molar-refractivity contribution in [3.05, 3.63) is 68.4 Å². The Morgan fingerprint density at radius 1 is 1.00 bits per heavy atom. The Hall–Kier alpha value is -0.800. The summed E-state index contributed by atoms with van der Waals surface area (Å²) in [4.78, 5) is 0. The van der Waals surface area contributed by atoms with Crippen molar-refractivity contribution in [3.8, 4) is 0 Å². The summed E-state index contributed by atoms with van der Waals surface area (Å²) in [6, 6.07) is 8.85. The number of benzene rings is 2. The molecule has 2 aromatic carbocycles. The molecule has 0 radical (unpaired) electrons. The first kappa shape index (κ1) is 14.6. The maximum absolute atomic E-state index is 13.1. The van der Waals surface area contributed by atoms with Gasteiger partial charge in [0.05, 0.1) is 6.10 Å². The fraction of sp³-hybridized carbons (Fsp3) is 0.143. The number of aliphatic hydroxyl groups excluding tert-OH is 1. The molecular weight excluding hydrogens is 310 g/mol. The Morgan fingerprint density at radius 3 is 2.26 bits per heavy atom. The quantitative estimate of drug-likeness (QED) is 0.838. The molecule has 0 saturated heterocycles. The number of halogens is 4. The minimum Gasteiger partial charge on any atom is -0.388 e. The molecule has 0 aliphatic heterocycles. The van der Waals surface area contributed by atoms with E-state index in [1.165, 1.54) is 18.2 Å². The Morgan fingerprint density at radius 2 is 1.63 bits per heavy atom. The van der Waals surface area contributed by atoms with Crippen LogP contribution in [-0.4, -0.2) is 5.11 Å². The van der Waals surface area contributed by atoms with Crippen molar-refractivity contribution >= 4 is 34.8 Å². The normalized spacial score (nSPS) is 12.5. The Kier molecular flexibility index (Phi) is 4.69. The van der Waals surface area contributed by atoms with Crippen molar-refractivity contribution in [2.24, 2.45) is 0 Å². The van der Waals surface area contributed by atoms with Gasteiger partial charge in [-0.2, -0.15) is 0 Å². The van der Waals surface area contributed by atoms with Crippen molar-refractivity contribution in [1.29, 1.82) is 0 Å². The molecule has 5 heteroatoms. The third-order valence-electron chi connectivity index (χ3n) is 2.69. The minimum atomic E-state index is -0.851. The first-order valence-electron chi connectivity index (χ1n) is 5.53. The van der Waals surface area contributed by atoms with Crippen LogP contribution in [0.4, 0.5) is 4.39 Å². The second-order valence-electron chi connectivity index (χ2n) is 4.16. The molecule has 2 aromatic rings. The Labute approximate surface area is 125 Å². The first-order chi connectivity index (χ1) is 8.95. The van der Waals surface area contributed by atoms with E-state index < -0.39 is 11.9 Å². The largest absolute Gasteiger partial charge is 0.388 e. The van der Waals surface area contributed by atoms with E-state index in [0.29, 0.717) is 26.2 Å². The van der Waals surface area contributed by atoms with Gasteiger partial charge in [-0.05, 0) is 47.5 Å². The van der Waals surface area contributed by atoms with Gasteiger partial charge in [-0.25, -0.2) is 4.39 Å². The molecule has 0 spiro atoms. The van der Waals surface area contributed by atoms with E-state index in [4.69, 9.17) is 34.8 Å².